The van der Waals surface area contributed by atoms with E-state index in [0.29, 0.717) is 0 Å². The molecule has 0 saturated carbocycles. The lowest BCUT2D eigenvalue weighted by atomic mass is 10.3. The van der Waals surface area contributed by atoms with Crippen LogP contribution in [0.5, 0.6) is 0 Å². The summed E-state index contributed by atoms with van der Waals surface area (Å²) in [6.07, 6.45) is 8.08. The van der Waals surface area contributed by atoms with Crippen molar-refractivity contribution in [1.82, 2.24) is 9.88 Å². The second-order valence-electron chi connectivity index (χ2n) is 6.95. The Morgan fingerprint density at radius 2 is 1.26 bits per heavy atom. The number of aromatic nitrogens is 1. The minimum absolute atomic E-state index is 0.108. The summed E-state index contributed by atoms with van der Waals surface area (Å²) in [5, 5.41) is 3.11. The Morgan fingerprint density at radius 1 is 0.704 bits per heavy atom. The third-order valence-electron chi connectivity index (χ3n) is 5.03. The predicted octanol–water partition coefficient (Wildman–Crippen LogP) is 4.47. The molecule has 4 heteroatoms. The second-order valence-corrected chi connectivity index (χ2v) is 11.6. The molecule has 0 aliphatic carbocycles. The van der Waals surface area contributed by atoms with Gasteiger partial charge in [0.2, 0.25) is 0 Å². The Labute approximate surface area is 165 Å². The first kappa shape index (κ1) is 18.8. The second kappa shape index (κ2) is 9.56. The van der Waals surface area contributed by atoms with Crippen LogP contribution in [-0.4, -0.2) is 41.3 Å². The van der Waals surface area contributed by atoms with Crippen molar-refractivity contribution in [1.29, 1.82) is 0 Å². The Hall–Kier alpha value is -1.59. The van der Waals surface area contributed by atoms with E-state index in [-0.39, 0.29) is 15.8 Å². The third-order valence-corrected chi connectivity index (χ3v) is 10.5. The lowest BCUT2D eigenvalue weighted by Crippen LogP contribution is -2.28. The molecule has 2 atom stereocenters. The van der Waals surface area contributed by atoms with Gasteiger partial charge in [0.15, 0.2) is 0 Å². The fourth-order valence-corrected chi connectivity index (χ4v) is 9.42. The summed E-state index contributed by atoms with van der Waals surface area (Å²) >= 11 is 0. The van der Waals surface area contributed by atoms with Crippen molar-refractivity contribution >= 4 is 26.5 Å². The minimum atomic E-state index is -0.108. The van der Waals surface area contributed by atoms with Gasteiger partial charge in [-0.05, 0) is 35.1 Å². The number of rotatable bonds is 5. The first-order valence-electron chi connectivity index (χ1n) is 9.61. The summed E-state index contributed by atoms with van der Waals surface area (Å²) in [4.78, 5) is 7.25. The molecule has 3 aromatic rings. The van der Waals surface area contributed by atoms with Gasteiger partial charge in [-0.3, -0.25) is 9.88 Å². The SMILES string of the molecule is c1ccc(P2CCP(c3ccccc3)CN(CCc3ccccn3)C2)cc1. The van der Waals surface area contributed by atoms with Crippen LogP contribution in [0, 0.1) is 0 Å². The third kappa shape index (κ3) is 5.23. The topological polar surface area (TPSA) is 16.1 Å². The number of hydrogen-bond acceptors (Lipinski definition) is 2. The van der Waals surface area contributed by atoms with Crippen LogP contribution in [0.4, 0.5) is 0 Å². The fourth-order valence-electron chi connectivity index (χ4n) is 3.57. The standard InChI is InChI=1S/C23H26N2P2/c1-3-10-22(11-4-1)26-17-18-27(23-12-5-2-6-13-23)20-25(19-26)16-14-21-9-7-8-15-24-21/h1-13,15H,14,16-20H2. The van der Waals surface area contributed by atoms with Crippen molar-refractivity contribution in [2.24, 2.45) is 0 Å². The Bertz CT molecular complexity index is 762. The number of pyridine rings is 1. The van der Waals surface area contributed by atoms with Crippen LogP contribution >= 0.6 is 15.8 Å². The number of nitrogens with zero attached hydrogens (tertiary/aromatic N) is 2. The minimum Gasteiger partial charge on any atom is -0.294 e. The van der Waals surface area contributed by atoms with Gasteiger partial charge in [-0.15, -0.1) is 0 Å². The van der Waals surface area contributed by atoms with Crippen LogP contribution in [0.1, 0.15) is 5.69 Å². The molecule has 2 nitrogen and oxygen atoms in total. The first-order chi connectivity index (χ1) is 13.4. The molecule has 0 amide bonds. The molecule has 0 spiro atoms. The molecule has 2 aromatic carbocycles. The maximum atomic E-state index is 4.52. The van der Waals surface area contributed by atoms with Crippen molar-refractivity contribution in [2.75, 3.05) is 31.4 Å². The molecule has 27 heavy (non-hydrogen) atoms. The van der Waals surface area contributed by atoms with E-state index in [4.69, 9.17) is 0 Å². The van der Waals surface area contributed by atoms with Crippen molar-refractivity contribution in [3.05, 3.63) is 90.8 Å². The van der Waals surface area contributed by atoms with Crippen molar-refractivity contribution in [3.8, 4) is 0 Å². The van der Waals surface area contributed by atoms with Gasteiger partial charge in [0.05, 0.1) is 0 Å². The van der Waals surface area contributed by atoms with Crippen molar-refractivity contribution in [2.45, 2.75) is 6.42 Å². The van der Waals surface area contributed by atoms with E-state index in [2.05, 4.69) is 82.7 Å². The monoisotopic (exact) mass is 392 g/mol. The first-order valence-corrected chi connectivity index (χ1v) is 13.0. The summed E-state index contributed by atoms with van der Waals surface area (Å²) in [7, 11) is -0.217. The highest BCUT2D eigenvalue weighted by molar-refractivity contribution is 7.70. The smallest absolute Gasteiger partial charge is 0.0416 e. The van der Waals surface area contributed by atoms with Crippen LogP contribution < -0.4 is 10.6 Å². The number of benzene rings is 2. The summed E-state index contributed by atoms with van der Waals surface area (Å²) in [5.41, 5.74) is 1.20. The van der Waals surface area contributed by atoms with Crippen LogP contribution in [0.25, 0.3) is 0 Å². The van der Waals surface area contributed by atoms with E-state index in [9.17, 15) is 0 Å². The van der Waals surface area contributed by atoms with E-state index >= 15 is 0 Å². The molecule has 1 aromatic heterocycles. The Balaban J connectivity index is 1.51. The quantitative estimate of drug-likeness (QED) is 0.596. The van der Waals surface area contributed by atoms with E-state index < -0.39 is 0 Å². The van der Waals surface area contributed by atoms with Crippen molar-refractivity contribution in [3.63, 3.8) is 0 Å². The molecule has 138 valence electrons. The molecule has 0 N–H and O–H groups in total. The van der Waals surface area contributed by atoms with Crippen LogP contribution in [0.2, 0.25) is 0 Å². The van der Waals surface area contributed by atoms with E-state index in [1.807, 2.05) is 12.3 Å². The maximum absolute atomic E-state index is 4.52. The average Bonchev–Trinajstić information content (AvgIpc) is 2.97. The van der Waals surface area contributed by atoms with E-state index in [1.165, 1.54) is 30.6 Å². The van der Waals surface area contributed by atoms with Crippen molar-refractivity contribution < 1.29 is 0 Å². The molecular formula is C23H26N2P2. The van der Waals surface area contributed by atoms with Gasteiger partial charge in [-0.25, -0.2) is 0 Å². The van der Waals surface area contributed by atoms with Gasteiger partial charge in [0.1, 0.15) is 0 Å². The lowest BCUT2D eigenvalue weighted by Gasteiger charge is -2.26. The summed E-state index contributed by atoms with van der Waals surface area (Å²) in [5.74, 6) is 0. The van der Waals surface area contributed by atoms with Crippen LogP contribution in [0.3, 0.4) is 0 Å². The summed E-state index contributed by atoms with van der Waals surface area (Å²) < 4.78 is 0. The zero-order chi connectivity index (χ0) is 18.3. The zero-order valence-corrected chi connectivity index (χ0v) is 17.4. The largest absolute Gasteiger partial charge is 0.294 e. The van der Waals surface area contributed by atoms with Crippen LogP contribution in [0.15, 0.2) is 85.1 Å². The Morgan fingerprint density at radius 3 is 1.78 bits per heavy atom. The molecule has 4 rings (SSSR count). The van der Waals surface area contributed by atoms with E-state index in [1.54, 1.807) is 10.6 Å². The summed E-state index contributed by atoms with van der Waals surface area (Å²) in [6.45, 7) is 1.11. The highest BCUT2D eigenvalue weighted by atomic mass is 31.1. The molecule has 0 radical (unpaired) electrons. The zero-order valence-electron chi connectivity index (χ0n) is 15.6. The van der Waals surface area contributed by atoms with E-state index in [0.717, 1.165) is 13.0 Å². The normalized spacial score (nSPS) is 20.9. The predicted molar refractivity (Wildman–Crippen MR) is 120 cm³/mol. The molecule has 1 aliphatic rings. The molecule has 2 heterocycles. The lowest BCUT2D eigenvalue weighted by molar-refractivity contribution is 0.376. The molecule has 1 aliphatic heterocycles. The fraction of sp³-hybridized carbons (Fsp3) is 0.261. The highest BCUT2D eigenvalue weighted by Crippen LogP contribution is 2.47. The maximum Gasteiger partial charge on any atom is 0.0416 e. The molecule has 1 fully saturated rings. The molecular weight excluding hydrogens is 366 g/mol. The van der Waals surface area contributed by atoms with Gasteiger partial charge in [0, 0.05) is 37.4 Å². The van der Waals surface area contributed by atoms with Gasteiger partial charge >= 0.3 is 0 Å². The van der Waals surface area contributed by atoms with Gasteiger partial charge in [0.25, 0.3) is 0 Å². The molecule has 0 bridgehead atoms. The van der Waals surface area contributed by atoms with Crippen LogP contribution in [-0.2, 0) is 6.42 Å². The van der Waals surface area contributed by atoms with Gasteiger partial charge in [-0.1, -0.05) is 82.6 Å². The Kier molecular flexibility index (Phi) is 6.64. The summed E-state index contributed by atoms with van der Waals surface area (Å²) in [6, 6.07) is 28.6. The molecule has 1 saturated heterocycles. The number of hydrogen-bond donors (Lipinski definition) is 0. The molecule has 2 unspecified atom stereocenters. The average molecular weight is 392 g/mol. The van der Waals surface area contributed by atoms with Gasteiger partial charge in [-0.2, -0.15) is 0 Å². The van der Waals surface area contributed by atoms with Gasteiger partial charge < -0.3 is 0 Å². The highest BCUT2D eigenvalue weighted by Gasteiger charge is 2.25.